The Morgan fingerprint density at radius 3 is 2.61 bits per heavy atom. The molecule has 0 spiro atoms. The van der Waals surface area contributed by atoms with Gasteiger partial charge in [0.25, 0.3) is 0 Å². The van der Waals surface area contributed by atoms with Crippen LogP contribution in [-0.2, 0) is 6.42 Å². The fraction of sp³-hybridized carbons (Fsp3) is 0.625. The lowest BCUT2D eigenvalue weighted by Crippen LogP contribution is -2.12. The third kappa shape index (κ3) is 2.38. The lowest BCUT2D eigenvalue weighted by molar-refractivity contribution is 0.313. The Bertz CT molecular complexity index is 463. The number of benzene rings is 1. The summed E-state index contributed by atoms with van der Waals surface area (Å²) in [7, 11) is 1.74. The van der Waals surface area contributed by atoms with E-state index in [1.165, 1.54) is 28.7 Å². The number of aryl methyl sites for hydroxylation is 2. The van der Waals surface area contributed by atoms with Crippen molar-refractivity contribution in [2.24, 2.45) is 5.41 Å². The third-order valence-electron chi connectivity index (χ3n) is 4.16. The first kappa shape index (κ1) is 13.7. The van der Waals surface area contributed by atoms with Crippen LogP contribution in [0, 0.1) is 19.3 Å². The summed E-state index contributed by atoms with van der Waals surface area (Å²) >= 11 is 6.67. The number of halogens is 1. The molecule has 0 saturated heterocycles. The summed E-state index contributed by atoms with van der Waals surface area (Å²) in [6.07, 6.45) is 3.36. The number of methoxy groups -OCH3 is 1. The lowest BCUT2D eigenvalue weighted by Gasteiger charge is -2.24. The summed E-state index contributed by atoms with van der Waals surface area (Å²) < 4.78 is 5.52. The molecular formula is C16H23ClO. The molecule has 1 unspecified atom stereocenters. The molecule has 1 nitrogen and oxygen atoms in total. The van der Waals surface area contributed by atoms with E-state index >= 15 is 0 Å². The second kappa shape index (κ2) is 4.77. The monoisotopic (exact) mass is 266 g/mol. The van der Waals surface area contributed by atoms with Crippen molar-refractivity contribution in [1.82, 2.24) is 0 Å². The van der Waals surface area contributed by atoms with Gasteiger partial charge >= 0.3 is 0 Å². The molecule has 0 aliphatic heterocycles. The molecule has 1 aliphatic rings. The number of alkyl halides is 1. The van der Waals surface area contributed by atoms with Gasteiger partial charge in [0.05, 0.1) is 12.5 Å². The Kier molecular flexibility index (Phi) is 3.64. The highest BCUT2D eigenvalue weighted by molar-refractivity contribution is 6.21. The Hall–Kier alpha value is -0.690. The molecule has 1 aromatic rings. The molecule has 1 atom stereocenters. The van der Waals surface area contributed by atoms with Crippen molar-refractivity contribution < 1.29 is 4.74 Å². The first-order valence-corrected chi connectivity index (χ1v) is 7.10. The zero-order valence-electron chi connectivity index (χ0n) is 12.1. The van der Waals surface area contributed by atoms with Gasteiger partial charge < -0.3 is 4.74 Å². The van der Waals surface area contributed by atoms with Crippen LogP contribution in [0.4, 0.5) is 0 Å². The Labute approximate surface area is 115 Å². The number of rotatable bonds is 1. The summed E-state index contributed by atoms with van der Waals surface area (Å²) in [5, 5.41) is 0.104. The number of hydrogen-bond donors (Lipinski definition) is 0. The Morgan fingerprint density at radius 2 is 2.00 bits per heavy atom. The summed E-state index contributed by atoms with van der Waals surface area (Å²) in [4.78, 5) is 0. The molecular weight excluding hydrogens is 244 g/mol. The maximum Gasteiger partial charge on any atom is 0.125 e. The van der Waals surface area contributed by atoms with Crippen LogP contribution in [0.15, 0.2) is 6.07 Å². The SMILES string of the molecule is COc1c(C)cc2c(c1C)C(Cl)CC(C)(C)CC2. The van der Waals surface area contributed by atoms with Crippen molar-refractivity contribution in [1.29, 1.82) is 0 Å². The minimum absolute atomic E-state index is 0.104. The second-order valence-corrected chi connectivity index (χ2v) is 6.79. The summed E-state index contributed by atoms with van der Waals surface area (Å²) in [6.45, 7) is 8.88. The Balaban J connectivity index is 2.56. The molecule has 0 aromatic heterocycles. The minimum atomic E-state index is 0.104. The molecule has 0 radical (unpaired) electrons. The molecule has 18 heavy (non-hydrogen) atoms. The van der Waals surface area contributed by atoms with Gasteiger partial charge in [0.2, 0.25) is 0 Å². The molecule has 0 fully saturated rings. The predicted molar refractivity (Wildman–Crippen MR) is 77.8 cm³/mol. The van der Waals surface area contributed by atoms with Crippen molar-refractivity contribution >= 4 is 11.6 Å². The molecule has 1 aromatic carbocycles. The van der Waals surface area contributed by atoms with Gasteiger partial charge in [-0.1, -0.05) is 19.9 Å². The largest absolute Gasteiger partial charge is 0.496 e. The fourth-order valence-corrected chi connectivity index (χ4v) is 3.90. The van der Waals surface area contributed by atoms with E-state index in [-0.39, 0.29) is 5.38 Å². The quantitative estimate of drug-likeness (QED) is 0.516. The van der Waals surface area contributed by atoms with Crippen LogP contribution in [0.25, 0.3) is 0 Å². The van der Waals surface area contributed by atoms with E-state index < -0.39 is 0 Å². The van der Waals surface area contributed by atoms with Gasteiger partial charge in [0.15, 0.2) is 0 Å². The molecule has 2 rings (SSSR count). The third-order valence-corrected chi connectivity index (χ3v) is 4.53. The van der Waals surface area contributed by atoms with Crippen LogP contribution >= 0.6 is 11.6 Å². The average molecular weight is 267 g/mol. The highest BCUT2D eigenvalue weighted by atomic mass is 35.5. The zero-order chi connectivity index (χ0) is 13.5. The van der Waals surface area contributed by atoms with Crippen LogP contribution in [0.1, 0.15) is 54.3 Å². The van der Waals surface area contributed by atoms with Crippen molar-refractivity contribution in [3.05, 3.63) is 28.3 Å². The number of hydrogen-bond acceptors (Lipinski definition) is 1. The normalized spacial score (nSPS) is 22.2. The molecule has 0 N–H and O–H groups in total. The van der Waals surface area contributed by atoms with Crippen molar-refractivity contribution in [3.63, 3.8) is 0 Å². The van der Waals surface area contributed by atoms with Gasteiger partial charge in [-0.05, 0) is 60.8 Å². The van der Waals surface area contributed by atoms with E-state index in [1.54, 1.807) is 7.11 Å². The maximum atomic E-state index is 6.67. The van der Waals surface area contributed by atoms with E-state index in [9.17, 15) is 0 Å². The molecule has 100 valence electrons. The topological polar surface area (TPSA) is 9.23 Å². The van der Waals surface area contributed by atoms with Crippen molar-refractivity contribution in [2.75, 3.05) is 7.11 Å². The molecule has 2 heteroatoms. The second-order valence-electron chi connectivity index (χ2n) is 6.26. The van der Waals surface area contributed by atoms with Crippen LogP contribution in [0.3, 0.4) is 0 Å². The molecule has 0 bridgehead atoms. The van der Waals surface area contributed by atoms with E-state index in [1.807, 2.05) is 0 Å². The maximum absolute atomic E-state index is 6.67. The van der Waals surface area contributed by atoms with E-state index in [4.69, 9.17) is 16.3 Å². The lowest BCUT2D eigenvalue weighted by atomic mass is 9.84. The molecule has 1 aliphatic carbocycles. The first-order chi connectivity index (χ1) is 8.35. The van der Waals surface area contributed by atoms with E-state index in [2.05, 4.69) is 33.8 Å². The zero-order valence-corrected chi connectivity index (χ0v) is 12.8. The van der Waals surface area contributed by atoms with Gasteiger partial charge in [-0.2, -0.15) is 0 Å². The van der Waals surface area contributed by atoms with Gasteiger partial charge in [0.1, 0.15) is 5.75 Å². The first-order valence-electron chi connectivity index (χ1n) is 6.67. The molecule has 0 amide bonds. The fourth-order valence-electron chi connectivity index (χ4n) is 3.18. The minimum Gasteiger partial charge on any atom is -0.496 e. The smallest absolute Gasteiger partial charge is 0.125 e. The van der Waals surface area contributed by atoms with Crippen molar-refractivity contribution in [3.8, 4) is 5.75 Å². The molecule has 0 heterocycles. The Morgan fingerprint density at radius 1 is 1.33 bits per heavy atom. The van der Waals surface area contributed by atoms with Crippen LogP contribution in [-0.4, -0.2) is 7.11 Å². The van der Waals surface area contributed by atoms with E-state index in [0.717, 1.165) is 18.6 Å². The summed E-state index contributed by atoms with van der Waals surface area (Å²) in [5.74, 6) is 0.999. The summed E-state index contributed by atoms with van der Waals surface area (Å²) in [6, 6.07) is 2.26. The standard InChI is InChI=1S/C16H23ClO/c1-10-8-12-6-7-16(3,4)9-13(17)14(12)11(2)15(10)18-5/h8,13H,6-7,9H2,1-5H3. The van der Waals surface area contributed by atoms with Crippen LogP contribution < -0.4 is 4.74 Å². The predicted octanol–water partition coefficient (Wildman–Crippen LogP) is 4.95. The van der Waals surface area contributed by atoms with Gasteiger partial charge in [-0.3, -0.25) is 0 Å². The van der Waals surface area contributed by atoms with E-state index in [0.29, 0.717) is 5.41 Å². The van der Waals surface area contributed by atoms with Crippen LogP contribution in [0.2, 0.25) is 0 Å². The van der Waals surface area contributed by atoms with Crippen molar-refractivity contribution in [2.45, 2.75) is 52.3 Å². The van der Waals surface area contributed by atoms with Gasteiger partial charge in [-0.15, -0.1) is 11.6 Å². The highest BCUT2D eigenvalue weighted by Gasteiger charge is 2.30. The molecule has 0 saturated carbocycles. The number of fused-ring (bicyclic) bond motifs is 1. The highest BCUT2D eigenvalue weighted by Crippen LogP contribution is 2.46. The van der Waals surface area contributed by atoms with Gasteiger partial charge in [0, 0.05) is 0 Å². The van der Waals surface area contributed by atoms with Crippen LogP contribution in [0.5, 0.6) is 5.75 Å². The van der Waals surface area contributed by atoms with Gasteiger partial charge in [-0.25, -0.2) is 0 Å². The average Bonchev–Trinajstić information content (AvgIpc) is 2.35. The number of ether oxygens (including phenoxy) is 1. The summed E-state index contributed by atoms with van der Waals surface area (Å²) in [5.41, 5.74) is 5.49.